The molecule has 0 unspecified atom stereocenters. The van der Waals surface area contributed by atoms with Crippen LogP contribution >= 0.6 is 47.0 Å². The Morgan fingerprint density at radius 2 is 0.900 bits per heavy atom. The summed E-state index contributed by atoms with van der Waals surface area (Å²) in [4.78, 5) is 4.43. The zero-order valence-corrected chi connectivity index (χ0v) is 19.8. The van der Waals surface area contributed by atoms with Crippen molar-refractivity contribution in [2.24, 2.45) is 0 Å². The van der Waals surface area contributed by atoms with Crippen LogP contribution in [0.4, 0.5) is 0 Å². The molecule has 0 spiro atoms. The highest BCUT2D eigenvalue weighted by molar-refractivity contribution is 8.36. The van der Waals surface area contributed by atoms with Crippen LogP contribution < -0.4 is 10.4 Å². The highest BCUT2D eigenvalue weighted by atomic mass is 32.2. The van der Waals surface area contributed by atoms with E-state index in [1.54, 1.807) is 47.0 Å². The van der Waals surface area contributed by atoms with Crippen molar-refractivity contribution in [3.8, 4) is 0 Å². The predicted molar refractivity (Wildman–Crippen MR) is 137 cm³/mol. The summed E-state index contributed by atoms with van der Waals surface area (Å²) < 4.78 is 2.47. The molecular formula is C24H20O2S4. The Hall–Kier alpha value is -1.28. The average molecular weight is 469 g/mol. The summed E-state index contributed by atoms with van der Waals surface area (Å²) in [5.74, 6) is 0. The third-order valence-electron chi connectivity index (χ3n) is 5.34. The lowest BCUT2D eigenvalue weighted by atomic mass is 9.99. The first-order valence-electron chi connectivity index (χ1n) is 9.63. The molecule has 2 heterocycles. The molecule has 0 saturated heterocycles. The maximum Gasteiger partial charge on any atom is 0.0752 e. The first-order chi connectivity index (χ1) is 14.6. The van der Waals surface area contributed by atoms with Gasteiger partial charge in [-0.15, -0.1) is 0 Å². The van der Waals surface area contributed by atoms with Gasteiger partial charge in [0.15, 0.2) is 0 Å². The normalized spacial score (nSPS) is 17.3. The van der Waals surface area contributed by atoms with Crippen LogP contribution in [0.2, 0.25) is 0 Å². The van der Waals surface area contributed by atoms with Crippen molar-refractivity contribution in [2.45, 2.75) is 13.8 Å². The minimum atomic E-state index is 0.0844. The van der Waals surface area contributed by atoms with Crippen LogP contribution in [0.1, 0.15) is 13.8 Å². The number of allylic oxidation sites excluding steroid dienone is 2. The molecule has 0 amide bonds. The Balaban J connectivity index is 1.94. The minimum Gasteiger partial charge on any atom is -0.391 e. The summed E-state index contributed by atoms with van der Waals surface area (Å²) in [6.07, 6.45) is 0. The van der Waals surface area contributed by atoms with E-state index < -0.39 is 0 Å². The van der Waals surface area contributed by atoms with Crippen molar-refractivity contribution in [2.75, 3.05) is 13.2 Å². The molecule has 5 rings (SSSR count). The van der Waals surface area contributed by atoms with Crippen molar-refractivity contribution in [3.63, 3.8) is 0 Å². The first-order valence-corrected chi connectivity index (χ1v) is 12.9. The molecule has 0 bridgehead atoms. The highest BCUT2D eigenvalue weighted by Gasteiger charge is 2.23. The van der Waals surface area contributed by atoms with Crippen molar-refractivity contribution < 1.29 is 10.2 Å². The van der Waals surface area contributed by atoms with Crippen LogP contribution in [0, 0.1) is 0 Å². The lowest BCUT2D eigenvalue weighted by Crippen LogP contribution is -2.16. The Morgan fingerprint density at radius 1 is 0.567 bits per heavy atom. The molecule has 0 saturated carbocycles. The van der Waals surface area contributed by atoms with Gasteiger partial charge in [0.25, 0.3) is 0 Å². The van der Waals surface area contributed by atoms with E-state index >= 15 is 0 Å². The number of thioether (sulfide) groups is 4. The van der Waals surface area contributed by atoms with Crippen LogP contribution in [-0.2, 0) is 0 Å². The van der Waals surface area contributed by atoms with Gasteiger partial charge >= 0.3 is 0 Å². The summed E-state index contributed by atoms with van der Waals surface area (Å²) >= 11 is 6.92. The number of fused-ring (bicyclic) bond motifs is 2. The molecular weight excluding hydrogens is 449 g/mol. The second-order valence-electron chi connectivity index (χ2n) is 7.10. The van der Waals surface area contributed by atoms with Gasteiger partial charge in [-0.1, -0.05) is 95.6 Å². The van der Waals surface area contributed by atoms with Gasteiger partial charge in [0.1, 0.15) is 0 Å². The molecule has 0 radical (unpaired) electrons. The fourth-order valence-corrected chi connectivity index (χ4v) is 9.11. The molecule has 3 aromatic rings. The fraction of sp³-hybridized carbons (Fsp3) is 0.167. The highest BCUT2D eigenvalue weighted by Crippen LogP contribution is 2.51. The van der Waals surface area contributed by atoms with Gasteiger partial charge in [0, 0.05) is 20.2 Å². The topological polar surface area (TPSA) is 40.5 Å². The quantitative estimate of drug-likeness (QED) is 0.482. The van der Waals surface area contributed by atoms with E-state index in [9.17, 15) is 10.2 Å². The summed E-state index contributed by atoms with van der Waals surface area (Å²) in [5.41, 5.74) is 0. The van der Waals surface area contributed by atoms with E-state index in [0.29, 0.717) is 0 Å². The third kappa shape index (κ3) is 3.34. The van der Waals surface area contributed by atoms with Crippen molar-refractivity contribution in [1.82, 2.24) is 0 Å². The lowest BCUT2D eigenvalue weighted by Gasteiger charge is -2.11. The number of hydrogen-bond donors (Lipinski definition) is 2. The van der Waals surface area contributed by atoms with Crippen molar-refractivity contribution >= 4 is 77.1 Å². The van der Waals surface area contributed by atoms with Gasteiger partial charge in [-0.05, 0) is 45.2 Å². The molecule has 2 aliphatic heterocycles. The van der Waals surface area contributed by atoms with Crippen LogP contribution in [-0.4, -0.2) is 23.4 Å². The maximum absolute atomic E-state index is 9.75. The second-order valence-corrected chi connectivity index (χ2v) is 12.3. The molecule has 6 heteroatoms. The molecule has 152 valence electrons. The van der Waals surface area contributed by atoms with E-state index in [-0.39, 0.29) is 13.2 Å². The van der Waals surface area contributed by atoms with Gasteiger partial charge in [-0.3, -0.25) is 0 Å². The monoisotopic (exact) mass is 468 g/mol. The average Bonchev–Trinajstić information content (AvgIpc) is 3.33. The maximum atomic E-state index is 9.75. The van der Waals surface area contributed by atoms with E-state index in [1.807, 2.05) is 0 Å². The number of rotatable bonds is 2. The summed E-state index contributed by atoms with van der Waals surface area (Å²) in [7, 11) is 0. The standard InChI is InChI=1S/C24H20O2S4/c1-13-19(11-25)29-23(27-13)21-15-7-3-5-9-17(15)22(18-10-6-4-8-16(18)21)24-28-14(2)20(12-26)30-24/h3-10,25-26H,11-12H2,1-2H3. The second kappa shape index (κ2) is 8.34. The molecule has 30 heavy (non-hydrogen) atoms. The van der Waals surface area contributed by atoms with Gasteiger partial charge in [-0.2, -0.15) is 0 Å². The summed E-state index contributed by atoms with van der Waals surface area (Å²) in [6.45, 7) is 4.34. The number of benzene rings is 3. The number of aliphatic hydroxyl groups is 2. The summed E-state index contributed by atoms with van der Waals surface area (Å²) in [5, 5.41) is 26.9. The van der Waals surface area contributed by atoms with E-state index in [1.165, 1.54) is 50.3 Å². The minimum absolute atomic E-state index is 0.0844. The number of aliphatic hydroxyl groups excluding tert-OH is 2. The van der Waals surface area contributed by atoms with Gasteiger partial charge in [0.05, 0.1) is 21.7 Å². The Kier molecular flexibility index (Phi) is 5.73. The van der Waals surface area contributed by atoms with Crippen LogP contribution in [0.5, 0.6) is 0 Å². The molecule has 0 aliphatic carbocycles. The zero-order valence-electron chi connectivity index (χ0n) is 16.6. The Labute approximate surface area is 192 Å². The molecule has 2 N–H and O–H groups in total. The number of hydrogen-bond acceptors (Lipinski definition) is 6. The SMILES string of the molecule is CC1=C(CO)SC(=c2c3ccccc3c(=C3SC(C)=C(CO)S3)c3ccccc23)S1. The smallest absolute Gasteiger partial charge is 0.0752 e. The van der Waals surface area contributed by atoms with Gasteiger partial charge < -0.3 is 10.2 Å². The molecule has 0 fully saturated rings. The Morgan fingerprint density at radius 3 is 1.17 bits per heavy atom. The van der Waals surface area contributed by atoms with Crippen LogP contribution in [0.15, 0.2) is 68.2 Å². The van der Waals surface area contributed by atoms with Crippen LogP contribution in [0.3, 0.4) is 0 Å². The van der Waals surface area contributed by atoms with Crippen molar-refractivity contribution in [3.05, 3.63) is 78.6 Å². The predicted octanol–water partition coefficient (Wildman–Crippen LogP) is 5.53. The van der Waals surface area contributed by atoms with Gasteiger partial charge in [-0.25, -0.2) is 0 Å². The van der Waals surface area contributed by atoms with E-state index in [0.717, 1.165) is 9.81 Å². The van der Waals surface area contributed by atoms with Crippen LogP contribution in [0.25, 0.3) is 30.0 Å². The molecule has 3 aromatic carbocycles. The largest absolute Gasteiger partial charge is 0.391 e. The molecule has 2 aliphatic rings. The Bertz CT molecular complexity index is 1220. The first kappa shape index (κ1) is 20.6. The lowest BCUT2D eigenvalue weighted by molar-refractivity contribution is 0.339. The molecule has 0 aromatic heterocycles. The zero-order chi connectivity index (χ0) is 20.8. The van der Waals surface area contributed by atoms with Crippen molar-refractivity contribution in [1.29, 1.82) is 0 Å². The fourth-order valence-electron chi connectivity index (χ4n) is 3.86. The third-order valence-corrected chi connectivity index (χ3v) is 10.6. The molecule has 2 nitrogen and oxygen atoms in total. The van der Waals surface area contributed by atoms with Gasteiger partial charge in [0.2, 0.25) is 0 Å². The van der Waals surface area contributed by atoms with E-state index in [2.05, 4.69) is 62.4 Å². The summed E-state index contributed by atoms with van der Waals surface area (Å²) in [6, 6.07) is 17.2. The molecule has 0 atom stereocenters. The van der Waals surface area contributed by atoms with E-state index in [4.69, 9.17) is 0 Å².